The van der Waals surface area contributed by atoms with Gasteiger partial charge in [0.15, 0.2) is 6.61 Å². The number of ether oxygens (including phenoxy) is 3. The number of aryl methyl sites for hydroxylation is 2. The molecule has 9 heteroatoms. The van der Waals surface area contributed by atoms with Crippen LogP contribution in [-0.2, 0) is 19.0 Å². The van der Waals surface area contributed by atoms with Crippen molar-refractivity contribution in [2.24, 2.45) is 0 Å². The molecule has 0 saturated carbocycles. The van der Waals surface area contributed by atoms with Crippen molar-refractivity contribution in [2.45, 2.75) is 27.7 Å². The SMILES string of the molecule is CCOC(=O)c1cc(NC(=O)COC(=O)c2cc(C)oc2C)cc(C(=O)OCC)c1. The molecular formula is C21H23NO8. The second-order valence-electron chi connectivity index (χ2n) is 6.19. The highest BCUT2D eigenvalue weighted by atomic mass is 16.5. The van der Waals surface area contributed by atoms with Crippen LogP contribution in [0, 0.1) is 13.8 Å². The zero-order chi connectivity index (χ0) is 22.3. The minimum atomic E-state index is -0.702. The number of hydrogen-bond acceptors (Lipinski definition) is 8. The lowest BCUT2D eigenvalue weighted by Crippen LogP contribution is -2.21. The van der Waals surface area contributed by atoms with Crippen LogP contribution in [0.15, 0.2) is 28.7 Å². The lowest BCUT2D eigenvalue weighted by molar-refractivity contribution is -0.119. The Morgan fingerprint density at radius 1 is 0.833 bits per heavy atom. The molecule has 0 unspecified atom stereocenters. The molecule has 0 aliphatic carbocycles. The Hall–Kier alpha value is -3.62. The molecule has 2 aromatic rings. The first-order valence-corrected chi connectivity index (χ1v) is 9.28. The molecule has 9 nitrogen and oxygen atoms in total. The summed E-state index contributed by atoms with van der Waals surface area (Å²) in [5.74, 6) is -1.73. The first-order valence-electron chi connectivity index (χ1n) is 9.28. The van der Waals surface area contributed by atoms with Gasteiger partial charge in [0.25, 0.3) is 5.91 Å². The smallest absolute Gasteiger partial charge is 0.342 e. The molecule has 1 aromatic heterocycles. The number of amides is 1. The molecule has 0 saturated heterocycles. The third-order valence-corrected chi connectivity index (χ3v) is 3.83. The van der Waals surface area contributed by atoms with Gasteiger partial charge in [0.05, 0.1) is 24.3 Å². The molecule has 1 heterocycles. The highest BCUT2D eigenvalue weighted by Gasteiger charge is 2.18. The number of nitrogens with one attached hydrogen (secondary N) is 1. The predicted molar refractivity (Wildman–Crippen MR) is 105 cm³/mol. The van der Waals surface area contributed by atoms with Crippen molar-refractivity contribution in [3.05, 3.63) is 52.5 Å². The van der Waals surface area contributed by atoms with Crippen molar-refractivity contribution >= 4 is 29.5 Å². The average Bonchev–Trinajstić information content (AvgIpc) is 3.04. The number of anilines is 1. The minimum Gasteiger partial charge on any atom is -0.466 e. The van der Waals surface area contributed by atoms with Crippen LogP contribution >= 0.6 is 0 Å². The number of esters is 3. The molecule has 0 aliphatic heterocycles. The lowest BCUT2D eigenvalue weighted by atomic mass is 10.1. The lowest BCUT2D eigenvalue weighted by Gasteiger charge is -2.11. The summed E-state index contributed by atoms with van der Waals surface area (Å²) < 4.78 is 20.1. The van der Waals surface area contributed by atoms with Crippen LogP contribution in [0.2, 0.25) is 0 Å². The number of furan rings is 1. The van der Waals surface area contributed by atoms with E-state index in [1.165, 1.54) is 24.3 Å². The largest absolute Gasteiger partial charge is 0.466 e. The standard InChI is InChI=1S/C21H23NO8/c1-5-27-19(24)14-8-15(20(25)28-6-2)10-16(9-14)22-18(23)11-29-21(26)17-7-12(3)30-13(17)4/h7-10H,5-6,11H2,1-4H3,(H,22,23). The highest BCUT2D eigenvalue weighted by molar-refractivity contribution is 6.00. The average molecular weight is 417 g/mol. The fraction of sp³-hybridized carbons (Fsp3) is 0.333. The monoisotopic (exact) mass is 417 g/mol. The number of carbonyl (C=O) groups excluding carboxylic acids is 4. The number of rotatable bonds is 8. The van der Waals surface area contributed by atoms with Gasteiger partial charge in [-0.2, -0.15) is 0 Å². The van der Waals surface area contributed by atoms with Crippen LogP contribution in [-0.4, -0.2) is 43.6 Å². The number of hydrogen-bond donors (Lipinski definition) is 1. The maximum Gasteiger partial charge on any atom is 0.342 e. The maximum absolute atomic E-state index is 12.2. The van der Waals surface area contributed by atoms with E-state index in [0.717, 1.165) is 0 Å². The Bertz CT molecular complexity index is 924. The van der Waals surface area contributed by atoms with Crippen LogP contribution < -0.4 is 5.32 Å². The van der Waals surface area contributed by atoms with Gasteiger partial charge in [-0.1, -0.05) is 0 Å². The van der Waals surface area contributed by atoms with Crippen LogP contribution in [0.25, 0.3) is 0 Å². The molecule has 0 bridgehead atoms. The van der Waals surface area contributed by atoms with Gasteiger partial charge in [-0.3, -0.25) is 4.79 Å². The molecule has 0 atom stereocenters. The molecule has 0 radical (unpaired) electrons. The summed E-state index contributed by atoms with van der Waals surface area (Å²) in [6, 6.07) is 5.54. The van der Waals surface area contributed by atoms with E-state index in [-0.39, 0.29) is 35.6 Å². The third kappa shape index (κ3) is 5.94. The Morgan fingerprint density at radius 2 is 1.40 bits per heavy atom. The molecule has 160 valence electrons. The summed E-state index contributed by atoms with van der Waals surface area (Å²) >= 11 is 0. The summed E-state index contributed by atoms with van der Waals surface area (Å²) in [6.07, 6.45) is 0. The molecule has 2 rings (SSSR count). The summed E-state index contributed by atoms with van der Waals surface area (Å²) in [5.41, 5.74) is 0.521. The Morgan fingerprint density at radius 3 is 1.87 bits per heavy atom. The fourth-order valence-corrected chi connectivity index (χ4v) is 2.60. The molecule has 30 heavy (non-hydrogen) atoms. The van der Waals surface area contributed by atoms with Gasteiger partial charge in [0.2, 0.25) is 0 Å². The predicted octanol–water partition coefficient (Wildman–Crippen LogP) is 3.05. The van der Waals surface area contributed by atoms with Crippen molar-refractivity contribution < 1.29 is 37.8 Å². The van der Waals surface area contributed by atoms with Gasteiger partial charge in [-0.15, -0.1) is 0 Å². The summed E-state index contributed by atoms with van der Waals surface area (Å²) in [5, 5.41) is 2.49. The van der Waals surface area contributed by atoms with Gasteiger partial charge in [-0.05, 0) is 52.0 Å². The molecule has 1 N–H and O–H groups in total. The first kappa shape index (κ1) is 22.7. The van der Waals surface area contributed by atoms with Crippen molar-refractivity contribution in [3.8, 4) is 0 Å². The van der Waals surface area contributed by atoms with Gasteiger partial charge >= 0.3 is 17.9 Å². The van der Waals surface area contributed by atoms with E-state index in [2.05, 4.69) is 5.32 Å². The zero-order valence-corrected chi connectivity index (χ0v) is 17.2. The third-order valence-electron chi connectivity index (χ3n) is 3.83. The summed E-state index contributed by atoms with van der Waals surface area (Å²) in [4.78, 5) is 48.4. The topological polar surface area (TPSA) is 121 Å². The van der Waals surface area contributed by atoms with E-state index < -0.39 is 30.4 Å². The summed E-state index contributed by atoms with van der Waals surface area (Å²) in [7, 11) is 0. The highest BCUT2D eigenvalue weighted by Crippen LogP contribution is 2.18. The van der Waals surface area contributed by atoms with E-state index in [0.29, 0.717) is 11.5 Å². The van der Waals surface area contributed by atoms with E-state index in [9.17, 15) is 19.2 Å². The van der Waals surface area contributed by atoms with E-state index in [1.54, 1.807) is 27.7 Å². The zero-order valence-electron chi connectivity index (χ0n) is 17.2. The molecule has 0 spiro atoms. The minimum absolute atomic E-state index is 0.0687. The van der Waals surface area contributed by atoms with Gasteiger partial charge in [0.1, 0.15) is 17.1 Å². The normalized spacial score (nSPS) is 10.3. The Labute approximate surface area is 173 Å². The first-order chi connectivity index (χ1) is 14.2. The van der Waals surface area contributed by atoms with E-state index in [1.807, 2.05) is 0 Å². The van der Waals surface area contributed by atoms with Gasteiger partial charge in [-0.25, -0.2) is 14.4 Å². The van der Waals surface area contributed by atoms with E-state index >= 15 is 0 Å². The van der Waals surface area contributed by atoms with Crippen molar-refractivity contribution in [3.63, 3.8) is 0 Å². The quantitative estimate of drug-likeness (QED) is 0.514. The molecule has 1 aromatic carbocycles. The molecule has 1 amide bonds. The molecule has 0 aliphatic rings. The van der Waals surface area contributed by atoms with Crippen molar-refractivity contribution in [2.75, 3.05) is 25.1 Å². The fourth-order valence-electron chi connectivity index (χ4n) is 2.60. The van der Waals surface area contributed by atoms with Crippen LogP contribution in [0.5, 0.6) is 0 Å². The number of carbonyl (C=O) groups is 4. The Kier molecular flexibility index (Phi) is 7.74. The summed E-state index contributed by atoms with van der Waals surface area (Å²) in [6.45, 7) is 6.32. The molecule has 0 fully saturated rings. The Balaban J connectivity index is 2.12. The van der Waals surface area contributed by atoms with E-state index in [4.69, 9.17) is 18.6 Å². The number of benzene rings is 1. The van der Waals surface area contributed by atoms with Gasteiger partial charge < -0.3 is 23.9 Å². The van der Waals surface area contributed by atoms with Crippen LogP contribution in [0.4, 0.5) is 5.69 Å². The van der Waals surface area contributed by atoms with Crippen molar-refractivity contribution in [1.82, 2.24) is 0 Å². The molecular weight excluding hydrogens is 394 g/mol. The maximum atomic E-state index is 12.2. The van der Waals surface area contributed by atoms with Crippen molar-refractivity contribution in [1.29, 1.82) is 0 Å². The van der Waals surface area contributed by atoms with Crippen LogP contribution in [0.1, 0.15) is 56.4 Å². The van der Waals surface area contributed by atoms with Crippen LogP contribution in [0.3, 0.4) is 0 Å². The second kappa shape index (κ2) is 10.2. The van der Waals surface area contributed by atoms with Gasteiger partial charge in [0, 0.05) is 5.69 Å². The second-order valence-corrected chi connectivity index (χ2v) is 6.19.